The summed E-state index contributed by atoms with van der Waals surface area (Å²) in [5.74, 6) is 0. The van der Waals surface area contributed by atoms with Gasteiger partial charge >= 0.3 is 0 Å². The quantitative estimate of drug-likeness (QED) is 0.910. The van der Waals surface area contributed by atoms with E-state index < -0.39 is 0 Å². The number of aryl methyl sites for hydroxylation is 1. The molecule has 0 amide bonds. The minimum absolute atomic E-state index is 0.127. The zero-order chi connectivity index (χ0) is 14.7. The van der Waals surface area contributed by atoms with Gasteiger partial charge in [0.1, 0.15) is 0 Å². The lowest BCUT2D eigenvalue weighted by Crippen LogP contribution is -2.32. The second kappa shape index (κ2) is 6.09. The number of aromatic nitrogens is 2. The lowest BCUT2D eigenvalue weighted by Gasteiger charge is -2.30. The van der Waals surface area contributed by atoms with Crippen molar-refractivity contribution in [3.8, 4) is 0 Å². The highest BCUT2D eigenvalue weighted by atomic mass is 15.2. The molecule has 0 aliphatic carbocycles. The van der Waals surface area contributed by atoms with Gasteiger partial charge in [0, 0.05) is 25.3 Å². The standard InChI is InChI=1S/C16H24N4/c1-12(2)20-11-18-10-16(20)15(9-17)19(4)14-7-5-6-13(3)8-14/h5-8,10-12,15H,9,17H2,1-4H3. The van der Waals surface area contributed by atoms with Gasteiger partial charge in [-0.1, -0.05) is 12.1 Å². The van der Waals surface area contributed by atoms with E-state index >= 15 is 0 Å². The van der Waals surface area contributed by atoms with E-state index in [1.807, 2.05) is 12.5 Å². The molecular formula is C16H24N4. The lowest BCUT2D eigenvalue weighted by molar-refractivity contribution is 0.533. The van der Waals surface area contributed by atoms with Crippen LogP contribution in [0.4, 0.5) is 5.69 Å². The van der Waals surface area contributed by atoms with E-state index in [1.54, 1.807) is 0 Å². The maximum atomic E-state index is 6.03. The molecule has 0 aliphatic heterocycles. The Hall–Kier alpha value is -1.81. The zero-order valence-electron chi connectivity index (χ0n) is 12.7. The number of nitrogens with two attached hydrogens (primary N) is 1. The minimum Gasteiger partial charge on any atom is -0.365 e. The predicted molar refractivity (Wildman–Crippen MR) is 84.0 cm³/mol. The van der Waals surface area contributed by atoms with Crippen LogP contribution in [0.3, 0.4) is 0 Å². The van der Waals surface area contributed by atoms with Gasteiger partial charge in [-0.15, -0.1) is 0 Å². The molecule has 0 aliphatic rings. The molecule has 0 bridgehead atoms. The summed E-state index contributed by atoms with van der Waals surface area (Å²) >= 11 is 0. The van der Waals surface area contributed by atoms with E-state index in [0.29, 0.717) is 12.6 Å². The molecule has 0 spiro atoms. The first kappa shape index (κ1) is 14.6. The molecule has 0 fully saturated rings. The Morgan fingerprint density at radius 1 is 1.35 bits per heavy atom. The Balaban J connectivity index is 2.34. The smallest absolute Gasteiger partial charge is 0.0951 e. The number of hydrogen-bond donors (Lipinski definition) is 1. The van der Waals surface area contributed by atoms with Crippen LogP contribution in [0.15, 0.2) is 36.8 Å². The zero-order valence-corrected chi connectivity index (χ0v) is 12.7. The first-order chi connectivity index (χ1) is 9.54. The highest BCUT2D eigenvalue weighted by Gasteiger charge is 2.20. The van der Waals surface area contributed by atoms with E-state index in [1.165, 1.54) is 11.3 Å². The van der Waals surface area contributed by atoms with Gasteiger partial charge < -0.3 is 15.2 Å². The molecule has 108 valence electrons. The van der Waals surface area contributed by atoms with Gasteiger partial charge in [-0.2, -0.15) is 0 Å². The largest absolute Gasteiger partial charge is 0.365 e. The molecular weight excluding hydrogens is 248 g/mol. The molecule has 2 N–H and O–H groups in total. The van der Waals surface area contributed by atoms with Gasteiger partial charge in [0.15, 0.2) is 0 Å². The number of likely N-dealkylation sites (N-methyl/N-ethyl adjacent to an activating group) is 1. The molecule has 1 heterocycles. The van der Waals surface area contributed by atoms with Crippen molar-refractivity contribution in [3.05, 3.63) is 48.0 Å². The monoisotopic (exact) mass is 272 g/mol. The van der Waals surface area contributed by atoms with Crippen LogP contribution in [0.5, 0.6) is 0 Å². The highest BCUT2D eigenvalue weighted by Crippen LogP contribution is 2.26. The summed E-state index contributed by atoms with van der Waals surface area (Å²) in [6.07, 6.45) is 3.80. The molecule has 0 radical (unpaired) electrons. The topological polar surface area (TPSA) is 47.1 Å². The number of anilines is 1. The van der Waals surface area contributed by atoms with Gasteiger partial charge in [-0.05, 0) is 38.5 Å². The summed E-state index contributed by atoms with van der Waals surface area (Å²) in [5, 5.41) is 0. The van der Waals surface area contributed by atoms with Crippen LogP contribution in [-0.2, 0) is 0 Å². The molecule has 20 heavy (non-hydrogen) atoms. The fourth-order valence-electron chi connectivity index (χ4n) is 2.51. The first-order valence-corrected chi connectivity index (χ1v) is 7.06. The summed E-state index contributed by atoms with van der Waals surface area (Å²) in [6, 6.07) is 8.99. The molecule has 0 saturated heterocycles. The third-order valence-electron chi connectivity index (χ3n) is 3.69. The number of hydrogen-bond acceptors (Lipinski definition) is 3. The summed E-state index contributed by atoms with van der Waals surface area (Å²) in [6.45, 7) is 6.98. The Morgan fingerprint density at radius 2 is 2.10 bits per heavy atom. The number of imidazole rings is 1. The second-order valence-corrected chi connectivity index (χ2v) is 5.52. The summed E-state index contributed by atoms with van der Waals surface area (Å²) in [7, 11) is 2.09. The Morgan fingerprint density at radius 3 is 2.70 bits per heavy atom. The number of rotatable bonds is 5. The number of benzene rings is 1. The van der Waals surface area contributed by atoms with Crippen LogP contribution in [0.1, 0.15) is 37.2 Å². The average Bonchev–Trinajstić information content (AvgIpc) is 2.89. The van der Waals surface area contributed by atoms with E-state index in [-0.39, 0.29) is 6.04 Å². The Kier molecular flexibility index (Phi) is 4.45. The lowest BCUT2D eigenvalue weighted by atomic mass is 10.1. The van der Waals surface area contributed by atoms with Crippen LogP contribution in [0.2, 0.25) is 0 Å². The average molecular weight is 272 g/mol. The summed E-state index contributed by atoms with van der Waals surface area (Å²) in [5.41, 5.74) is 9.62. The summed E-state index contributed by atoms with van der Waals surface area (Å²) < 4.78 is 2.18. The van der Waals surface area contributed by atoms with Crippen molar-refractivity contribution in [1.29, 1.82) is 0 Å². The van der Waals surface area contributed by atoms with Crippen molar-refractivity contribution in [2.75, 3.05) is 18.5 Å². The third kappa shape index (κ3) is 2.85. The molecule has 1 aromatic carbocycles. The van der Waals surface area contributed by atoms with Gasteiger partial charge in [0.05, 0.1) is 24.3 Å². The molecule has 2 aromatic rings. The highest BCUT2D eigenvalue weighted by molar-refractivity contribution is 5.49. The minimum atomic E-state index is 0.127. The first-order valence-electron chi connectivity index (χ1n) is 7.06. The van der Waals surface area contributed by atoms with E-state index in [0.717, 1.165) is 5.69 Å². The van der Waals surface area contributed by atoms with Crippen LogP contribution in [-0.4, -0.2) is 23.1 Å². The molecule has 2 rings (SSSR count). The van der Waals surface area contributed by atoms with Crippen molar-refractivity contribution in [3.63, 3.8) is 0 Å². The fraction of sp³-hybridized carbons (Fsp3) is 0.438. The van der Waals surface area contributed by atoms with Crippen molar-refractivity contribution in [2.24, 2.45) is 5.73 Å². The Bertz CT molecular complexity index is 559. The van der Waals surface area contributed by atoms with Crippen molar-refractivity contribution in [1.82, 2.24) is 9.55 Å². The Labute approximate surface area is 121 Å². The normalized spacial score (nSPS) is 12.7. The molecule has 1 unspecified atom stereocenters. The predicted octanol–water partition coefficient (Wildman–Crippen LogP) is 2.91. The van der Waals surface area contributed by atoms with Crippen molar-refractivity contribution in [2.45, 2.75) is 32.9 Å². The van der Waals surface area contributed by atoms with Crippen molar-refractivity contribution >= 4 is 5.69 Å². The van der Waals surface area contributed by atoms with Gasteiger partial charge in [0.2, 0.25) is 0 Å². The van der Waals surface area contributed by atoms with Gasteiger partial charge in [-0.25, -0.2) is 4.98 Å². The molecule has 0 saturated carbocycles. The van der Waals surface area contributed by atoms with E-state index in [2.05, 4.69) is 66.5 Å². The maximum Gasteiger partial charge on any atom is 0.0951 e. The second-order valence-electron chi connectivity index (χ2n) is 5.52. The van der Waals surface area contributed by atoms with E-state index in [4.69, 9.17) is 5.73 Å². The van der Waals surface area contributed by atoms with Crippen LogP contribution in [0.25, 0.3) is 0 Å². The SMILES string of the molecule is Cc1cccc(N(C)C(CN)c2cncn2C(C)C)c1. The summed E-state index contributed by atoms with van der Waals surface area (Å²) in [4.78, 5) is 6.51. The molecule has 4 nitrogen and oxygen atoms in total. The van der Waals surface area contributed by atoms with Crippen LogP contribution in [0, 0.1) is 6.92 Å². The molecule has 4 heteroatoms. The van der Waals surface area contributed by atoms with Crippen LogP contribution >= 0.6 is 0 Å². The third-order valence-corrected chi connectivity index (χ3v) is 3.69. The number of nitrogens with zero attached hydrogens (tertiary/aromatic N) is 3. The van der Waals surface area contributed by atoms with Crippen molar-refractivity contribution < 1.29 is 0 Å². The molecule has 1 aromatic heterocycles. The van der Waals surface area contributed by atoms with Gasteiger partial charge in [0.25, 0.3) is 0 Å². The molecule has 1 atom stereocenters. The van der Waals surface area contributed by atoms with Crippen LogP contribution < -0.4 is 10.6 Å². The van der Waals surface area contributed by atoms with Gasteiger partial charge in [-0.3, -0.25) is 0 Å². The maximum absolute atomic E-state index is 6.03. The van der Waals surface area contributed by atoms with E-state index in [9.17, 15) is 0 Å². The fourth-order valence-corrected chi connectivity index (χ4v) is 2.51.